The smallest absolute Gasteiger partial charge is 0.246 e. The highest BCUT2D eigenvalue weighted by Crippen LogP contribution is 2.37. The summed E-state index contributed by atoms with van der Waals surface area (Å²) in [4.78, 5) is 19.8. The van der Waals surface area contributed by atoms with Gasteiger partial charge in [0.05, 0.1) is 18.0 Å². The van der Waals surface area contributed by atoms with E-state index in [1.54, 1.807) is 7.05 Å². The molecular weight excluding hydrogens is 484 g/mol. The number of carbonyl (C=O) groups excluding carboxylic acids is 1. The summed E-state index contributed by atoms with van der Waals surface area (Å²) in [5.41, 5.74) is 3.18. The standard InChI is InChI=1S/C23H36N8O6/c1-13-8-15-16(9-14(13)2)31(23(36)20(25-15)22-26-27-28-30(22)5)10-17(32)21(35)18(33)11-37-12-19(34)24-6-7-29(3)4/h8-9,17-18,21,23,32-33,35-36H,6-7,10-12H2,1-5H3,(H,24,34)/t17-,18+,21-,23?/m0/s1. The van der Waals surface area contributed by atoms with Crippen LogP contribution in [0, 0.1) is 13.8 Å². The maximum Gasteiger partial charge on any atom is 0.246 e. The maximum absolute atomic E-state index is 11.8. The van der Waals surface area contributed by atoms with Crippen molar-refractivity contribution in [2.24, 2.45) is 12.0 Å². The van der Waals surface area contributed by atoms with E-state index >= 15 is 0 Å². The minimum atomic E-state index is -1.61. The number of aliphatic imine (C=N–C) groups is 1. The first kappa shape index (κ1) is 28.6. The quantitative estimate of drug-likeness (QED) is 0.206. The Bertz CT molecular complexity index is 1110. The number of aliphatic hydroxyl groups is 4. The Morgan fingerprint density at radius 2 is 1.89 bits per heavy atom. The van der Waals surface area contributed by atoms with E-state index in [4.69, 9.17) is 4.74 Å². The van der Waals surface area contributed by atoms with E-state index < -0.39 is 24.5 Å². The number of fused-ring (bicyclic) bond motifs is 1. The summed E-state index contributed by atoms with van der Waals surface area (Å²) in [7, 11) is 5.38. The number of ether oxygens (including phenoxy) is 1. The van der Waals surface area contributed by atoms with Crippen molar-refractivity contribution in [2.75, 3.05) is 51.8 Å². The number of likely N-dealkylation sites (N-methyl/N-ethyl adjacent to an activating group) is 1. The van der Waals surface area contributed by atoms with Gasteiger partial charge in [0.1, 0.15) is 30.6 Å². The first-order valence-corrected chi connectivity index (χ1v) is 11.9. The largest absolute Gasteiger partial charge is 0.388 e. The first-order chi connectivity index (χ1) is 17.5. The number of aliphatic hydroxyl groups excluding tert-OH is 4. The number of β-amino-alcohol motifs (C(OH)–C–C–N with tert-alkyl or cyclic N) is 1. The van der Waals surface area contributed by atoms with Crippen LogP contribution in [0.4, 0.5) is 11.4 Å². The molecule has 0 aliphatic carbocycles. The Balaban J connectivity index is 1.67. The summed E-state index contributed by atoms with van der Waals surface area (Å²) < 4.78 is 6.58. The number of amides is 1. The number of anilines is 1. The molecule has 2 heterocycles. The lowest BCUT2D eigenvalue weighted by atomic mass is 10.0. The van der Waals surface area contributed by atoms with Gasteiger partial charge >= 0.3 is 0 Å². The van der Waals surface area contributed by atoms with Crippen LogP contribution in [0.3, 0.4) is 0 Å². The van der Waals surface area contributed by atoms with E-state index in [0.717, 1.165) is 11.1 Å². The summed E-state index contributed by atoms with van der Waals surface area (Å²) in [6.45, 7) is 4.06. The van der Waals surface area contributed by atoms with E-state index in [1.165, 1.54) is 9.58 Å². The predicted molar refractivity (Wildman–Crippen MR) is 135 cm³/mol. The number of nitrogens with one attached hydrogen (secondary N) is 1. The van der Waals surface area contributed by atoms with E-state index in [9.17, 15) is 25.2 Å². The van der Waals surface area contributed by atoms with Crippen LogP contribution < -0.4 is 10.2 Å². The molecule has 5 N–H and O–H groups in total. The molecule has 3 rings (SSSR count). The van der Waals surface area contributed by atoms with E-state index in [2.05, 4.69) is 25.8 Å². The number of carbonyl (C=O) groups is 1. The Labute approximate surface area is 215 Å². The molecule has 14 heteroatoms. The van der Waals surface area contributed by atoms with Crippen LogP contribution in [0.25, 0.3) is 0 Å². The molecule has 1 aromatic heterocycles. The van der Waals surface area contributed by atoms with Crippen LogP contribution >= 0.6 is 0 Å². The third-order valence-electron chi connectivity index (χ3n) is 6.11. The zero-order valence-corrected chi connectivity index (χ0v) is 21.7. The number of tetrazole rings is 1. The topological polar surface area (TPSA) is 182 Å². The molecule has 0 fully saturated rings. The van der Waals surface area contributed by atoms with Crippen LogP contribution in [-0.2, 0) is 16.6 Å². The summed E-state index contributed by atoms with van der Waals surface area (Å²) in [5, 5.41) is 56.9. The fraction of sp³-hybridized carbons (Fsp3) is 0.609. The average molecular weight is 521 g/mol. The van der Waals surface area contributed by atoms with Crippen LogP contribution in [0.15, 0.2) is 17.1 Å². The number of hydrogen-bond acceptors (Lipinski definition) is 12. The molecule has 0 radical (unpaired) electrons. The third kappa shape index (κ3) is 7.06. The number of benzene rings is 1. The molecule has 37 heavy (non-hydrogen) atoms. The highest BCUT2D eigenvalue weighted by atomic mass is 16.5. The van der Waals surface area contributed by atoms with Gasteiger partial charge in [-0.25, -0.2) is 9.67 Å². The summed E-state index contributed by atoms with van der Waals surface area (Å²) in [6, 6.07) is 3.68. The van der Waals surface area contributed by atoms with Gasteiger partial charge in [0.25, 0.3) is 0 Å². The van der Waals surface area contributed by atoms with Gasteiger partial charge in [0.15, 0.2) is 6.23 Å². The van der Waals surface area contributed by atoms with Gasteiger partial charge in [-0.2, -0.15) is 0 Å². The molecule has 0 spiro atoms. The van der Waals surface area contributed by atoms with Crippen molar-refractivity contribution >= 4 is 23.0 Å². The van der Waals surface area contributed by atoms with Gasteiger partial charge in [0.2, 0.25) is 11.7 Å². The second-order valence-corrected chi connectivity index (χ2v) is 9.37. The molecule has 1 amide bonds. The second kappa shape index (κ2) is 12.5. The van der Waals surface area contributed by atoms with Crippen molar-refractivity contribution < 1.29 is 30.0 Å². The molecule has 0 saturated carbocycles. The second-order valence-electron chi connectivity index (χ2n) is 9.37. The van der Waals surface area contributed by atoms with Gasteiger partial charge in [-0.05, 0) is 61.6 Å². The normalized spacial score (nSPS) is 17.8. The molecule has 0 saturated heterocycles. The minimum absolute atomic E-state index is 0.175. The van der Waals surface area contributed by atoms with Gasteiger partial charge in [-0.1, -0.05) is 0 Å². The lowest BCUT2D eigenvalue weighted by Gasteiger charge is -2.37. The molecule has 1 aliphatic heterocycles. The number of hydrogen-bond donors (Lipinski definition) is 5. The third-order valence-corrected chi connectivity index (χ3v) is 6.11. The van der Waals surface area contributed by atoms with Crippen LogP contribution in [0.5, 0.6) is 0 Å². The first-order valence-electron chi connectivity index (χ1n) is 11.9. The lowest BCUT2D eigenvalue weighted by molar-refractivity contribution is -0.129. The van der Waals surface area contributed by atoms with Gasteiger partial charge < -0.3 is 40.3 Å². The molecule has 14 nitrogen and oxygen atoms in total. The maximum atomic E-state index is 11.8. The van der Waals surface area contributed by atoms with Crippen molar-refractivity contribution in [1.29, 1.82) is 0 Å². The molecule has 1 aromatic carbocycles. The van der Waals surface area contributed by atoms with E-state index in [-0.39, 0.29) is 37.2 Å². The van der Waals surface area contributed by atoms with Gasteiger partial charge in [-0.3, -0.25) is 4.79 Å². The van der Waals surface area contributed by atoms with Crippen molar-refractivity contribution in [3.8, 4) is 0 Å². The zero-order valence-electron chi connectivity index (χ0n) is 21.7. The lowest BCUT2D eigenvalue weighted by Crippen LogP contribution is -2.52. The molecule has 2 aromatic rings. The van der Waals surface area contributed by atoms with Gasteiger partial charge in [-0.15, -0.1) is 5.10 Å². The Hall–Kier alpha value is -3.01. The SMILES string of the molecule is Cc1cc2c(cc1C)N(C[C@H](O)[C@H](O)[C@H](O)COCC(=O)NCCN(C)C)C(O)C(c1nnnn1C)=N2. The number of rotatable bonds is 12. The van der Waals surface area contributed by atoms with E-state index in [0.29, 0.717) is 24.5 Å². The molecule has 1 aliphatic rings. The Kier molecular flexibility index (Phi) is 9.64. The van der Waals surface area contributed by atoms with Crippen LogP contribution in [0.2, 0.25) is 0 Å². The minimum Gasteiger partial charge on any atom is -0.388 e. The van der Waals surface area contributed by atoms with Gasteiger partial charge in [0, 0.05) is 26.7 Å². The number of aryl methyl sites for hydroxylation is 3. The van der Waals surface area contributed by atoms with Crippen molar-refractivity contribution in [1.82, 2.24) is 30.4 Å². The summed E-state index contributed by atoms with van der Waals surface area (Å²) >= 11 is 0. The van der Waals surface area contributed by atoms with Crippen molar-refractivity contribution in [3.05, 3.63) is 29.1 Å². The highest BCUT2D eigenvalue weighted by Gasteiger charge is 2.36. The summed E-state index contributed by atoms with van der Waals surface area (Å²) in [6.07, 6.45) is -5.89. The van der Waals surface area contributed by atoms with Crippen molar-refractivity contribution in [2.45, 2.75) is 38.4 Å². The van der Waals surface area contributed by atoms with E-state index in [1.807, 2.05) is 45.0 Å². The monoisotopic (exact) mass is 520 g/mol. The number of nitrogens with zero attached hydrogens (tertiary/aromatic N) is 7. The molecular formula is C23H36N8O6. The Morgan fingerprint density at radius 1 is 1.19 bits per heavy atom. The van der Waals surface area contributed by atoms with Crippen LogP contribution in [-0.4, -0.2) is 129 Å². The predicted octanol–water partition coefficient (Wildman–Crippen LogP) is -2.14. The average Bonchev–Trinajstić information content (AvgIpc) is 3.26. The Morgan fingerprint density at radius 3 is 2.54 bits per heavy atom. The fourth-order valence-corrected chi connectivity index (χ4v) is 3.79. The summed E-state index contributed by atoms with van der Waals surface area (Å²) in [5.74, 6) is -0.110. The number of aromatic nitrogens is 4. The molecule has 4 atom stereocenters. The highest BCUT2D eigenvalue weighted by molar-refractivity contribution is 6.06. The van der Waals surface area contributed by atoms with Crippen molar-refractivity contribution in [3.63, 3.8) is 0 Å². The molecule has 204 valence electrons. The van der Waals surface area contributed by atoms with Crippen LogP contribution in [0.1, 0.15) is 17.0 Å². The molecule has 0 bridgehead atoms. The fourth-order valence-electron chi connectivity index (χ4n) is 3.79. The zero-order chi connectivity index (χ0) is 27.3. The molecule has 1 unspecified atom stereocenters.